The van der Waals surface area contributed by atoms with Gasteiger partial charge >= 0.3 is 0 Å². The summed E-state index contributed by atoms with van der Waals surface area (Å²) in [6.45, 7) is 4.87. The van der Waals surface area contributed by atoms with E-state index in [2.05, 4.69) is 28.0 Å². The smallest absolute Gasteiger partial charge is 0.0857 e. The van der Waals surface area contributed by atoms with Crippen molar-refractivity contribution in [2.45, 2.75) is 58.3 Å². The molecule has 0 amide bonds. The van der Waals surface area contributed by atoms with Gasteiger partial charge in [0, 0.05) is 13.0 Å². The van der Waals surface area contributed by atoms with Crippen molar-refractivity contribution in [2.24, 2.45) is 5.92 Å². The number of aliphatic hydroxyl groups is 2. The molecule has 0 saturated heterocycles. The maximum atomic E-state index is 10.1. The highest BCUT2D eigenvalue weighted by Crippen LogP contribution is 2.35. The molecule has 0 bridgehead atoms. The zero-order chi connectivity index (χ0) is 13.3. The standard InChI is InChI=1S/C13H21BrN2O2/c1-3-9-12(14)10(16(4-2)15-9)7-11(17)13(18)8-5-6-8/h8,11,13,17-18H,3-7H2,1-2H3. The summed E-state index contributed by atoms with van der Waals surface area (Å²) >= 11 is 3.56. The third kappa shape index (κ3) is 2.78. The monoisotopic (exact) mass is 316 g/mol. The molecular formula is C13H21BrN2O2. The van der Waals surface area contributed by atoms with Gasteiger partial charge in [0.15, 0.2) is 0 Å². The molecule has 1 fully saturated rings. The van der Waals surface area contributed by atoms with Crippen molar-refractivity contribution in [2.75, 3.05) is 0 Å². The summed E-state index contributed by atoms with van der Waals surface area (Å²) in [5, 5.41) is 24.5. The minimum Gasteiger partial charge on any atom is -0.390 e. The van der Waals surface area contributed by atoms with Crippen LogP contribution < -0.4 is 0 Å². The van der Waals surface area contributed by atoms with Crippen molar-refractivity contribution in [3.05, 3.63) is 15.9 Å². The lowest BCUT2D eigenvalue weighted by Crippen LogP contribution is -2.30. The second-order valence-corrected chi connectivity index (χ2v) is 5.77. The molecule has 1 aliphatic carbocycles. The number of hydrogen-bond acceptors (Lipinski definition) is 3. The number of nitrogens with zero attached hydrogens (tertiary/aromatic N) is 2. The Morgan fingerprint density at radius 1 is 1.39 bits per heavy atom. The van der Waals surface area contributed by atoms with Gasteiger partial charge in [0.05, 0.1) is 28.1 Å². The fraction of sp³-hybridized carbons (Fsp3) is 0.769. The Balaban J connectivity index is 2.13. The molecule has 2 unspecified atom stereocenters. The number of aliphatic hydroxyl groups excluding tert-OH is 2. The maximum absolute atomic E-state index is 10.1. The largest absolute Gasteiger partial charge is 0.390 e. The van der Waals surface area contributed by atoms with Gasteiger partial charge in [-0.1, -0.05) is 6.92 Å². The van der Waals surface area contributed by atoms with E-state index < -0.39 is 12.2 Å². The molecule has 2 rings (SSSR count). The highest BCUT2D eigenvalue weighted by atomic mass is 79.9. The van der Waals surface area contributed by atoms with Crippen molar-refractivity contribution < 1.29 is 10.2 Å². The van der Waals surface area contributed by atoms with Gasteiger partial charge in [-0.15, -0.1) is 0 Å². The minimum absolute atomic E-state index is 0.294. The summed E-state index contributed by atoms with van der Waals surface area (Å²) in [5.41, 5.74) is 2.00. The average Bonchev–Trinajstić information content (AvgIpc) is 3.16. The second kappa shape index (κ2) is 5.72. The molecule has 1 saturated carbocycles. The van der Waals surface area contributed by atoms with Gasteiger partial charge in [-0.2, -0.15) is 5.10 Å². The lowest BCUT2D eigenvalue weighted by Gasteiger charge is -2.17. The van der Waals surface area contributed by atoms with Gasteiger partial charge < -0.3 is 10.2 Å². The Kier molecular flexibility index (Phi) is 4.45. The molecule has 1 aromatic heterocycles. The van der Waals surface area contributed by atoms with Crippen LogP contribution in [0.2, 0.25) is 0 Å². The Labute approximate surface area is 116 Å². The topological polar surface area (TPSA) is 58.3 Å². The van der Waals surface area contributed by atoms with E-state index in [9.17, 15) is 10.2 Å². The Morgan fingerprint density at radius 3 is 2.56 bits per heavy atom. The summed E-state index contributed by atoms with van der Waals surface area (Å²) in [7, 11) is 0. The van der Waals surface area contributed by atoms with Crippen molar-refractivity contribution >= 4 is 15.9 Å². The van der Waals surface area contributed by atoms with E-state index in [1.54, 1.807) is 0 Å². The maximum Gasteiger partial charge on any atom is 0.0857 e. The van der Waals surface area contributed by atoms with Crippen LogP contribution in [0.15, 0.2) is 4.47 Å². The molecule has 0 spiro atoms. The van der Waals surface area contributed by atoms with E-state index in [0.717, 1.165) is 41.7 Å². The second-order valence-electron chi connectivity index (χ2n) is 4.98. The van der Waals surface area contributed by atoms with E-state index in [0.29, 0.717) is 12.3 Å². The highest BCUT2D eigenvalue weighted by Gasteiger charge is 2.35. The van der Waals surface area contributed by atoms with Crippen molar-refractivity contribution in [1.82, 2.24) is 9.78 Å². The van der Waals surface area contributed by atoms with Crippen LogP contribution in [-0.2, 0) is 19.4 Å². The number of hydrogen-bond donors (Lipinski definition) is 2. The third-order valence-corrected chi connectivity index (χ3v) is 4.51. The fourth-order valence-corrected chi connectivity index (χ4v) is 3.01. The van der Waals surface area contributed by atoms with Gasteiger partial charge in [0.25, 0.3) is 0 Å². The molecule has 1 aromatic rings. The van der Waals surface area contributed by atoms with Crippen molar-refractivity contribution in [3.8, 4) is 0 Å². The summed E-state index contributed by atoms with van der Waals surface area (Å²) < 4.78 is 2.89. The first-order valence-corrected chi connectivity index (χ1v) is 7.47. The minimum atomic E-state index is -0.694. The SMILES string of the molecule is CCc1nn(CC)c(CC(O)C(O)C2CC2)c1Br. The van der Waals surface area contributed by atoms with Crippen molar-refractivity contribution in [1.29, 1.82) is 0 Å². The van der Waals surface area contributed by atoms with Crippen LogP contribution in [0.1, 0.15) is 38.1 Å². The fourth-order valence-electron chi connectivity index (χ4n) is 2.28. The molecule has 4 nitrogen and oxygen atoms in total. The Bertz CT molecular complexity index is 415. The predicted molar refractivity (Wildman–Crippen MR) is 73.4 cm³/mol. The summed E-state index contributed by atoms with van der Waals surface area (Å²) in [6, 6.07) is 0. The van der Waals surface area contributed by atoms with Crippen LogP contribution in [0.4, 0.5) is 0 Å². The first-order chi connectivity index (χ1) is 8.58. The zero-order valence-electron chi connectivity index (χ0n) is 10.9. The molecular weight excluding hydrogens is 296 g/mol. The van der Waals surface area contributed by atoms with Gasteiger partial charge in [0.2, 0.25) is 0 Å². The van der Waals surface area contributed by atoms with E-state index in [1.807, 2.05) is 11.6 Å². The van der Waals surface area contributed by atoms with Crippen molar-refractivity contribution in [3.63, 3.8) is 0 Å². The van der Waals surface area contributed by atoms with E-state index in [-0.39, 0.29) is 0 Å². The molecule has 0 radical (unpaired) electrons. The summed E-state index contributed by atoms with van der Waals surface area (Å²) in [6.07, 6.45) is 2.10. The molecule has 18 heavy (non-hydrogen) atoms. The zero-order valence-corrected chi connectivity index (χ0v) is 12.5. The highest BCUT2D eigenvalue weighted by molar-refractivity contribution is 9.10. The molecule has 102 valence electrons. The first-order valence-electron chi connectivity index (χ1n) is 6.68. The summed E-state index contributed by atoms with van der Waals surface area (Å²) in [5.74, 6) is 0.294. The lowest BCUT2D eigenvalue weighted by atomic mass is 10.0. The number of rotatable bonds is 6. The van der Waals surface area contributed by atoms with E-state index >= 15 is 0 Å². The van der Waals surface area contributed by atoms with Crippen LogP contribution in [0, 0.1) is 5.92 Å². The van der Waals surface area contributed by atoms with Gasteiger partial charge in [-0.3, -0.25) is 4.68 Å². The average molecular weight is 317 g/mol. The molecule has 1 aliphatic rings. The first kappa shape index (κ1) is 14.0. The van der Waals surface area contributed by atoms with Gasteiger partial charge in [-0.25, -0.2) is 0 Å². The Morgan fingerprint density at radius 2 is 2.06 bits per heavy atom. The van der Waals surface area contributed by atoms with Gasteiger partial charge in [0.1, 0.15) is 0 Å². The van der Waals surface area contributed by atoms with Crippen LogP contribution in [0.25, 0.3) is 0 Å². The van der Waals surface area contributed by atoms with E-state index in [4.69, 9.17) is 0 Å². The van der Waals surface area contributed by atoms with Crippen LogP contribution in [-0.4, -0.2) is 32.2 Å². The van der Waals surface area contributed by atoms with Crippen LogP contribution in [0.5, 0.6) is 0 Å². The van der Waals surface area contributed by atoms with E-state index in [1.165, 1.54) is 0 Å². The molecule has 0 aliphatic heterocycles. The normalized spacial score (nSPS) is 18.9. The molecule has 5 heteroatoms. The molecule has 2 atom stereocenters. The summed E-state index contributed by atoms with van der Waals surface area (Å²) in [4.78, 5) is 0. The molecule has 1 heterocycles. The molecule has 0 aromatic carbocycles. The lowest BCUT2D eigenvalue weighted by molar-refractivity contribution is 0.00560. The third-order valence-electron chi connectivity index (χ3n) is 3.60. The quantitative estimate of drug-likeness (QED) is 0.842. The van der Waals surface area contributed by atoms with Crippen LogP contribution in [0.3, 0.4) is 0 Å². The Hall–Kier alpha value is -0.390. The van der Waals surface area contributed by atoms with Crippen LogP contribution >= 0.6 is 15.9 Å². The van der Waals surface area contributed by atoms with Gasteiger partial charge in [-0.05, 0) is 48.0 Å². The molecule has 2 N–H and O–H groups in total. The number of aryl methyl sites for hydroxylation is 2. The predicted octanol–water partition coefficient (Wildman–Crippen LogP) is 1.90. The number of halogens is 1. The number of aromatic nitrogens is 2.